The fraction of sp³-hybridized carbons (Fsp3) is 0.261. The van der Waals surface area contributed by atoms with Crippen molar-refractivity contribution in [1.82, 2.24) is 9.80 Å². The molecule has 0 aromatic heterocycles. The SMILES string of the molecule is CN(C)/C=C1\C[C@@H](C(=O)OCc2ccccc2)N(C(=O)OCc2ccccc2)C1=O. The van der Waals surface area contributed by atoms with Gasteiger partial charge in [-0.2, -0.15) is 0 Å². The lowest BCUT2D eigenvalue weighted by Crippen LogP contribution is -2.44. The molecule has 1 fully saturated rings. The second-order valence-corrected chi connectivity index (χ2v) is 7.15. The van der Waals surface area contributed by atoms with E-state index in [1.165, 1.54) is 0 Å². The predicted octanol–water partition coefficient (Wildman–Crippen LogP) is 3.11. The Morgan fingerprint density at radius 2 is 1.50 bits per heavy atom. The second kappa shape index (κ2) is 9.73. The molecule has 7 heteroatoms. The average molecular weight is 408 g/mol. The maximum atomic E-state index is 12.8. The summed E-state index contributed by atoms with van der Waals surface area (Å²) in [6.07, 6.45) is 0.808. The van der Waals surface area contributed by atoms with Gasteiger partial charge in [0.25, 0.3) is 5.91 Å². The van der Waals surface area contributed by atoms with Crippen LogP contribution < -0.4 is 0 Å². The van der Waals surface area contributed by atoms with Crippen LogP contribution in [0.4, 0.5) is 4.79 Å². The summed E-state index contributed by atoms with van der Waals surface area (Å²) in [6, 6.07) is 17.3. The molecule has 2 amide bonds. The number of ether oxygens (including phenoxy) is 2. The van der Waals surface area contributed by atoms with Gasteiger partial charge < -0.3 is 14.4 Å². The Hall–Kier alpha value is -3.61. The summed E-state index contributed by atoms with van der Waals surface area (Å²) in [5, 5.41) is 0. The van der Waals surface area contributed by atoms with E-state index in [1.54, 1.807) is 25.2 Å². The van der Waals surface area contributed by atoms with Gasteiger partial charge >= 0.3 is 12.1 Å². The predicted molar refractivity (Wildman–Crippen MR) is 110 cm³/mol. The normalized spacial score (nSPS) is 17.1. The number of likely N-dealkylation sites (tertiary alicyclic amines) is 1. The standard InChI is InChI=1S/C23H24N2O5/c1-24(2)14-19-13-20(22(27)29-15-17-9-5-3-6-10-17)25(21(19)26)23(28)30-16-18-11-7-4-8-12-18/h3-12,14,20H,13,15-16H2,1-2H3/b19-14+/t20-/m0/s1. The van der Waals surface area contributed by atoms with Gasteiger partial charge in [0.2, 0.25) is 0 Å². The molecule has 0 unspecified atom stereocenters. The lowest BCUT2D eigenvalue weighted by molar-refractivity contribution is -0.152. The van der Waals surface area contributed by atoms with E-state index < -0.39 is 24.0 Å². The summed E-state index contributed by atoms with van der Waals surface area (Å²) < 4.78 is 10.7. The molecule has 1 atom stereocenters. The monoisotopic (exact) mass is 408 g/mol. The fourth-order valence-corrected chi connectivity index (χ4v) is 3.12. The van der Waals surface area contributed by atoms with Crippen LogP contribution in [0, 0.1) is 0 Å². The topological polar surface area (TPSA) is 76.2 Å². The molecule has 0 radical (unpaired) electrons. The first-order chi connectivity index (χ1) is 14.5. The summed E-state index contributed by atoms with van der Waals surface area (Å²) in [7, 11) is 3.53. The van der Waals surface area contributed by atoms with Gasteiger partial charge in [-0.3, -0.25) is 4.79 Å². The van der Waals surface area contributed by atoms with Gasteiger partial charge in [-0.15, -0.1) is 0 Å². The number of hydrogen-bond donors (Lipinski definition) is 0. The Bertz CT molecular complexity index is 925. The number of benzene rings is 2. The number of rotatable bonds is 6. The number of nitrogens with zero attached hydrogens (tertiary/aromatic N) is 2. The molecular weight excluding hydrogens is 384 g/mol. The van der Waals surface area contributed by atoms with Crippen molar-refractivity contribution in [1.29, 1.82) is 0 Å². The molecule has 0 saturated carbocycles. The first-order valence-electron chi connectivity index (χ1n) is 9.57. The minimum atomic E-state index is -1.06. The zero-order valence-electron chi connectivity index (χ0n) is 17.0. The Morgan fingerprint density at radius 1 is 0.967 bits per heavy atom. The van der Waals surface area contributed by atoms with E-state index in [2.05, 4.69) is 0 Å². The Balaban J connectivity index is 1.73. The molecule has 156 valence electrons. The molecule has 30 heavy (non-hydrogen) atoms. The second-order valence-electron chi connectivity index (χ2n) is 7.15. The van der Waals surface area contributed by atoms with Gasteiger partial charge in [0.05, 0.1) is 0 Å². The molecule has 0 spiro atoms. The third-order valence-electron chi connectivity index (χ3n) is 4.53. The van der Waals surface area contributed by atoms with Crippen LogP contribution in [-0.2, 0) is 32.3 Å². The minimum Gasteiger partial charge on any atom is -0.459 e. The van der Waals surface area contributed by atoms with Crippen molar-refractivity contribution < 1.29 is 23.9 Å². The summed E-state index contributed by atoms with van der Waals surface area (Å²) in [6.45, 7) is 0.0615. The van der Waals surface area contributed by atoms with Gasteiger partial charge in [-0.05, 0) is 11.1 Å². The van der Waals surface area contributed by atoms with Crippen molar-refractivity contribution in [2.24, 2.45) is 0 Å². The van der Waals surface area contributed by atoms with E-state index in [-0.39, 0.29) is 19.6 Å². The Morgan fingerprint density at radius 3 is 2.03 bits per heavy atom. The van der Waals surface area contributed by atoms with Crippen molar-refractivity contribution in [2.45, 2.75) is 25.7 Å². The summed E-state index contributed by atoms with van der Waals surface area (Å²) in [5.41, 5.74) is 1.94. The molecular formula is C23H24N2O5. The smallest absolute Gasteiger partial charge is 0.417 e. The highest BCUT2D eigenvalue weighted by Gasteiger charge is 2.45. The highest BCUT2D eigenvalue weighted by atomic mass is 16.6. The largest absolute Gasteiger partial charge is 0.459 e. The zero-order valence-corrected chi connectivity index (χ0v) is 17.0. The molecule has 0 N–H and O–H groups in total. The van der Waals surface area contributed by atoms with E-state index in [9.17, 15) is 14.4 Å². The van der Waals surface area contributed by atoms with Crippen LogP contribution in [0.3, 0.4) is 0 Å². The van der Waals surface area contributed by atoms with E-state index in [1.807, 2.05) is 60.7 Å². The molecule has 1 saturated heterocycles. The van der Waals surface area contributed by atoms with Gasteiger partial charge in [-0.25, -0.2) is 14.5 Å². The van der Waals surface area contributed by atoms with Gasteiger partial charge in [0.1, 0.15) is 19.3 Å². The fourth-order valence-electron chi connectivity index (χ4n) is 3.12. The van der Waals surface area contributed by atoms with Crippen molar-refractivity contribution in [2.75, 3.05) is 14.1 Å². The van der Waals surface area contributed by atoms with Crippen molar-refractivity contribution >= 4 is 18.0 Å². The molecule has 7 nitrogen and oxygen atoms in total. The number of carbonyl (C=O) groups excluding carboxylic acids is 3. The van der Waals surface area contributed by atoms with E-state index in [4.69, 9.17) is 9.47 Å². The maximum Gasteiger partial charge on any atom is 0.417 e. The average Bonchev–Trinajstić information content (AvgIpc) is 3.07. The number of esters is 1. The van der Waals surface area contributed by atoms with Crippen molar-refractivity contribution in [3.05, 3.63) is 83.6 Å². The number of carbonyl (C=O) groups is 3. The molecule has 3 rings (SSSR count). The minimum absolute atomic E-state index is 0.00195. The highest BCUT2D eigenvalue weighted by molar-refractivity contribution is 6.08. The Labute approximate surface area is 175 Å². The first-order valence-corrected chi connectivity index (χ1v) is 9.57. The number of amides is 2. The van der Waals surface area contributed by atoms with E-state index >= 15 is 0 Å². The Kier molecular flexibility index (Phi) is 6.85. The summed E-state index contributed by atoms with van der Waals surface area (Å²) >= 11 is 0. The lowest BCUT2D eigenvalue weighted by Gasteiger charge is -2.20. The van der Waals surface area contributed by atoms with Crippen LogP contribution in [0.15, 0.2) is 72.4 Å². The molecule has 2 aromatic rings. The number of hydrogen-bond acceptors (Lipinski definition) is 6. The molecule has 1 aliphatic heterocycles. The lowest BCUT2D eigenvalue weighted by atomic mass is 10.1. The van der Waals surface area contributed by atoms with Gasteiger partial charge in [-0.1, -0.05) is 60.7 Å². The molecule has 0 aliphatic carbocycles. The van der Waals surface area contributed by atoms with Gasteiger partial charge in [0, 0.05) is 32.3 Å². The van der Waals surface area contributed by atoms with Crippen LogP contribution in [-0.4, -0.2) is 47.9 Å². The molecule has 0 bridgehead atoms. The number of imide groups is 1. The third-order valence-corrected chi connectivity index (χ3v) is 4.53. The quantitative estimate of drug-likeness (QED) is 0.540. The van der Waals surface area contributed by atoms with Gasteiger partial charge in [0.15, 0.2) is 0 Å². The van der Waals surface area contributed by atoms with Crippen LogP contribution in [0.25, 0.3) is 0 Å². The van der Waals surface area contributed by atoms with Crippen molar-refractivity contribution in [3.63, 3.8) is 0 Å². The first kappa shape index (κ1) is 21.1. The summed E-state index contributed by atoms with van der Waals surface area (Å²) in [4.78, 5) is 40.8. The van der Waals surface area contributed by atoms with E-state index in [0.29, 0.717) is 5.57 Å². The maximum absolute atomic E-state index is 12.8. The zero-order chi connectivity index (χ0) is 21.5. The van der Waals surface area contributed by atoms with Crippen LogP contribution in [0.2, 0.25) is 0 Å². The molecule has 2 aromatic carbocycles. The molecule has 1 heterocycles. The highest BCUT2D eigenvalue weighted by Crippen LogP contribution is 2.27. The van der Waals surface area contributed by atoms with Crippen molar-refractivity contribution in [3.8, 4) is 0 Å². The van der Waals surface area contributed by atoms with Crippen LogP contribution in [0.5, 0.6) is 0 Å². The summed E-state index contributed by atoms with van der Waals surface area (Å²) in [5.74, 6) is -1.20. The molecule has 1 aliphatic rings. The third kappa shape index (κ3) is 5.26. The van der Waals surface area contributed by atoms with Crippen LogP contribution >= 0.6 is 0 Å². The van der Waals surface area contributed by atoms with Crippen LogP contribution in [0.1, 0.15) is 17.5 Å². The van der Waals surface area contributed by atoms with E-state index in [0.717, 1.165) is 16.0 Å².